The highest BCUT2D eigenvalue weighted by atomic mass is 35.5. The molecular weight excluding hydrogens is 626 g/mol. The van der Waals surface area contributed by atoms with E-state index in [1.165, 1.54) is 35.7 Å². The van der Waals surface area contributed by atoms with Gasteiger partial charge >= 0.3 is 0 Å². The minimum atomic E-state index is -3.51. The molecule has 3 aromatic carbocycles. The number of nitrogens with zero attached hydrogens (tertiary/aromatic N) is 6. The number of rotatable bonds is 9. The van der Waals surface area contributed by atoms with Gasteiger partial charge in [0.2, 0.25) is 10.0 Å². The molecule has 0 spiro atoms. The Hall–Kier alpha value is -4.44. The molecule has 0 saturated heterocycles. The topological polar surface area (TPSA) is 129 Å². The monoisotopic (exact) mass is 652 g/mol. The molecule has 0 aliphatic heterocycles. The second-order valence-electron chi connectivity index (χ2n) is 10.4. The molecule has 0 aliphatic carbocycles. The molecule has 0 unspecified atom stereocenters. The van der Waals surface area contributed by atoms with Crippen LogP contribution in [0.1, 0.15) is 42.8 Å². The molecule has 5 rings (SSSR count). The zero-order chi connectivity index (χ0) is 31.8. The van der Waals surface area contributed by atoms with E-state index in [0.29, 0.717) is 49.9 Å². The number of sulfonamides is 1. The molecule has 0 fully saturated rings. The smallest absolute Gasteiger partial charge is 0.231 e. The molecule has 44 heavy (non-hydrogen) atoms. The molecule has 0 saturated carbocycles. The summed E-state index contributed by atoms with van der Waals surface area (Å²) in [6.07, 6.45) is 4.36. The average Bonchev–Trinajstić information content (AvgIpc) is 3.48. The minimum Gasteiger partial charge on any atom is -0.373 e. The fourth-order valence-corrected chi connectivity index (χ4v) is 5.49. The first-order chi connectivity index (χ1) is 20.8. The van der Waals surface area contributed by atoms with Crippen molar-refractivity contribution in [3.05, 3.63) is 99.7 Å². The Bertz CT molecular complexity index is 2030. The largest absolute Gasteiger partial charge is 0.373 e. The summed E-state index contributed by atoms with van der Waals surface area (Å²) in [6, 6.07) is 16.3. The fourth-order valence-electron chi connectivity index (χ4n) is 4.54. The van der Waals surface area contributed by atoms with E-state index in [0.717, 1.165) is 6.26 Å². The van der Waals surface area contributed by atoms with Crippen molar-refractivity contribution < 1.29 is 12.8 Å². The van der Waals surface area contributed by atoms with Crippen molar-refractivity contribution >= 4 is 66.9 Å². The van der Waals surface area contributed by atoms with Gasteiger partial charge < -0.3 is 10.6 Å². The van der Waals surface area contributed by atoms with Crippen molar-refractivity contribution in [1.29, 1.82) is 5.26 Å². The van der Waals surface area contributed by atoms with Crippen LogP contribution in [0.15, 0.2) is 67.0 Å². The highest BCUT2D eigenvalue weighted by Crippen LogP contribution is 2.37. The molecule has 226 valence electrons. The van der Waals surface area contributed by atoms with Gasteiger partial charge in [0.15, 0.2) is 0 Å². The van der Waals surface area contributed by atoms with Crippen LogP contribution in [-0.2, 0) is 10.0 Å². The Balaban J connectivity index is 1.63. The molecule has 0 amide bonds. The van der Waals surface area contributed by atoms with E-state index >= 15 is 0 Å². The van der Waals surface area contributed by atoms with E-state index in [9.17, 15) is 18.1 Å². The number of aromatic nitrogens is 4. The quantitative estimate of drug-likeness (QED) is 0.173. The lowest BCUT2D eigenvalue weighted by atomic mass is 10.0. The second-order valence-corrected chi connectivity index (χ2v) is 13.2. The Morgan fingerprint density at radius 3 is 2.48 bits per heavy atom. The van der Waals surface area contributed by atoms with Gasteiger partial charge in [-0.15, -0.1) is 5.10 Å². The van der Waals surface area contributed by atoms with Crippen LogP contribution >= 0.6 is 23.2 Å². The van der Waals surface area contributed by atoms with Gasteiger partial charge in [-0.25, -0.2) is 17.5 Å². The van der Waals surface area contributed by atoms with Crippen LogP contribution in [0.3, 0.4) is 0 Å². The molecule has 2 N–H and O–H groups in total. The van der Waals surface area contributed by atoms with Gasteiger partial charge in [0.05, 0.1) is 51.0 Å². The Morgan fingerprint density at radius 1 is 1.07 bits per heavy atom. The number of pyridine rings is 1. The summed E-state index contributed by atoms with van der Waals surface area (Å²) in [7, 11) is -2.02. The summed E-state index contributed by atoms with van der Waals surface area (Å²) in [6.45, 7) is 3.96. The lowest BCUT2D eigenvalue weighted by molar-refractivity contribution is 0.514. The van der Waals surface area contributed by atoms with Crippen molar-refractivity contribution in [2.24, 2.45) is 0 Å². The van der Waals surface area contributed by atoms with Crippen molar-refractivity contribution in [2.45, 2.75) is 25.9 Å². The van der Waals surface area contributed by atoms with E-state index in [1.807, 2.05) is 26.1 Å². The number of benzene rings is 3. The first-order valence-corrected chi connectivity index (χ1v) is 15.9. The number of anilines is 4. The van der Waals surface area contributed by atoms with Gasteiger partial charge in [0, 0.05) is 36.0 Å². The zero-order valence-corrected chi connectivity index (χ0v) is 26.4. The number of hydrogen-bond acceptors (Lipinski definition) is 8. The summed E-state index contributed by atoms with van der Waals surface area (Å²) in [5, 5.41) is 26.0. The molecule has 10 nitrogen and oxygen atoms in total. The summed E-state index contributed by atoms with van der Waals surface area (Å²) in [5.74, 6) is -0.570. The minimum absolute atomic E-state index is 0.0544. The average molecular weight is 654 g/mol. The standard InChI is InChI=1S/C30H27Cl2FN8O2S/c1-17(2)41-16-27(38-39-41)29(18-6-5-7-22(10-18)40(3)44(4,42)43)37-21-11-23-28(36-20-8-9-26(33)24(31)12-20)19(14-34)15-35-30(23)25(32)13-21/h5-13,15-17,29,37H,1-4H3,(H,35,36)/t29-/m0/s1. The maximum Gasteiger partial charge on any atom is 0.231 e. The predicted molar refractivity (Wildman–Crippen MR) is 172 cm³/mol. The third-order valence-electron chi connectivity index (χ3n) is 6.96. The molecule has 0 aliphatic rings. The number of nitrogens with one attached hydrogen (secondary N) is 2. The third-order valence-corrected chi connectivity index (χ3v) is 8.75. The van der Waals surface area contributed by atoms with Crippen molar-refractivity contribution in [3.8, 4) is 6.07 Å². The van der Waals surface area contributed by atoms with Gasteiger partial charge in [-0.05, 0) is 61.9 Å². The predicted octanol–water partition coefficient (Wildman–Crippen LogP) is 7.07. The van der Waals surface area contributed by atoms with Crippen molar-refractivity contribution in [1.82, 2.24) is 20.0 Å². The van der Waals surface area contributed by atoms with Gasteiger partial charge in [-0.1, -0.05) is 40.5 Å². The van der Waals surface area contributed by atoms with E-state index in [2.05, 4.69) is 32.0 Å². The Kier molecular flexibility index (Phi) is 8.65. The lowest BCUT2D eigenvalue weighted by Gasteiger charge is -2.22. The van der Waals surface area contributed by atoms with Gasteiger partial charge in [0.1, 0.15) is 17.6 Å². The van der Waals surface area contributed by atoms with Crippen molar-refractivity contribution in [3.63, 3.8) is 0 Å². The molecule has 2 heterocycles. The molecule has 1 atom stereocenters. The maximum absolute atomic E-state index is 13.8. The number of nitriles is 1. The zero-order valence-electron chi connectivity index (χ0n) is 24.0. The first-order valence-electron chi connectivity index (χ1n) is 13.3. The van der Waals surface area contributed by atoms with Gasteiger partial charge in [0.25, 0.3) is 0 Å². The van der Waals surface area contributed by atoms with Crippen LogP contribution < -0.4 is 14.9 Å². The Morgan fingerprint density at radius 2 is 1.82 bits per heavy atom. The molecule has 0 bridgehead atoms. The first kappa shape index (κ1) is 31.0. The SMILES string of the molecule is CC(C)n1cc([C@@H](Nc2cc(Cl)c3ncc(C#N)c(Nc4ccc(F)c(Cl)c4)c3c2)c2cccc(N(C)S(C)(=O)=O)c2)nn1. The molecular formula is C30H27Cl2FN8O2S. The number of fused-ring (bicyclic) bond motifs is 1. The van der Waals surface area contributed by atoms with Gasteiger partial charge in [-0.3, -0.25) is 9.29 Å². The Labute approximate surface area is 264 Å². The second kappa shape index (κ2) is 12.3. The molecule has 5 aromatic rings. The van der Waals surface area contributed by atoms with E-state index in [-0.39, 0.29) is 16.6 Å². The number of halogens is 3. The van der Waals surface area contributed by atoms with E-state index in [1.54, 1.807) is 35.0 Å². The fraction of sp³-hybridized carbons (Fsp3) is 0.200. The van der Waals surface area contributed by atoms with Crippen LogP contribution in [0.4, 0.5) is 27.1 Å². The van der Waals surface area contributed by atoms with E-state index < -0.39 is 21.9 Å². The highest BCUT2D eigenvalue weighted by molar-refractivity contribution is 7.92. The van der Waals surface area contributed by atoms with Gasteiger partial charge in [-0.2, -0.15) is 5.26 Å². The normalized spacial score (nSPS) is 12.2. The lowest BCUT2D eigenvalue weighted by Crippen LogP contribution is -2.25. The highest BCUT2D eigenvalue weighted by Gasteiger charge is 2.22. The van der Waals surface area contributed by atoms with Crippen LogP contribution in [0.2, 0.25) is 10.0 Å². The van der Waals surface area contributed by atoms with Crippen LogP contribution in [0.5, 0.6) is 0 Å². The summed E-state index contributed by atoms with van der Waals surface area (Å²) in [5.41, 5.74) is 3.87. The van der Waals surface area contributed by atoms with Crippen LogP contribution in [0.25, 0.3) is 10.9 Å². The molecule has 2 aromatic heterocycles. The maximum atomic E-state index is 13.8. The molecule has 14 heteroatoms. The van der Waals surface area contributed by atoms with Crippen LogP contribution in [0, 0.1) is 17.1 Å². The van der Waals surface area contributed by atoms with Crippen LogP contribution in [-0.4, -0.2) is 41.7 Å². The van der Waals surface area contributed by atoms with E-state index in [4.69, 9.17) is 23.2 Å². The summed E-state index contributed by atoms with van der Waals surface area (Å²) >= 11 is 12.7. The van der Waals surface area contributed by atoms with Crippen molar-refractivity contribution in [2.75, 3.05) is 28.2 Å². The third kappa shape index (κ3) is 6.40. The summed E-state index contributed by atoms with van der Waals surface area (Å²) < 4.78 is 41.3. The number of hydrogen-bond donors (Lipinski definition) is 2. The summed E-state index contributed by atoms with van der Waals surface area (Å²) in [4.78, 5) is 4.40. The molecule has 0 radical (unpaired) electrons.